The fourth-order valence-corrected chi connectivity index (χ4v) is 5.57. The van der Waals surface area contributed by atoms with Gasteiger partial charge in [-0.3, -0.25) is 4.79 Å². The van der Waals surface area contributed by atoms with Gasteiger partial charge in [0.05, 0.1) is 4.34 Å². The maximum Gasteiger partial charge on any atom is 0.260 e. The van der Waals surface area contributed by atoms with Crippen LogP contribution >= 0.6 is 22.9 Å². The second-order valence-corrected chi connectivity index (χ2v) is 9.47. The molecule has 0 aliphatic carbocycles. The lowest BCUT2D eigenvalue weighted by Gasteiger charge is -2.33. The number of sulfonamides is 1. The molecule has 0 saturated carbocycles. The summed E-state index contributed by atoms with van der Waals surface area (Å²) in [5.41, 5.74) is 0. The lowest BCUT2D eigenvalue weighted by atomic mass is 10.3. The van der Waals surface area contributed by atoms with Crippen molar-refractivity contribution in [3.8, 4) is 5.75 Å². The van der Waals surface area contributed by atoms with E-state index in [1.807, 2.05) is 0 Å². The van der Waals surface area contributed by atoms with Gasteiger partial charge in [-0.25, -0.2) is 12.8 Å². The van der Waals surface area contributed by atoms with Gasteiger partial charge < -0.3 is 9.64 Å². The van der Waals surface area contributed by atoms with Gasteiger partial charge in [0, 0.05) is 26.2 Å². The van der Waals surface area contributed by atoms with Gasteiger partial charge in [0.2, 0.25) is 0 Å². The third-order valence-electron chi connectivity index (χ3n) is 3.91. The van der Waals surface area contributed by atoms with E-state index in [1.165, 1.54) is 34.6 Å². The Morgan fingerprint density at radius 3 is 2.35 bits per heavy atom. The topological polar surface area (TPSA) is 66.9 Å². The predicted octanol–water partition coefficient (Wildman–Crippen LogP) is 2.45. The minimum absolute atomic E-state index is 0.182. The van der Waals surface area contributed by atoms with Crippen LogP contribution in [0.4, 0.5) is 4.39 Å². The van der Waals surface area contributed by atoms with Gasteiger partial charge in [-0.1, -0.05) is 11.6 Å². The summed E-state index contributed by atoms with van der Waals surface area (Å²) in [5.74, 6) is -0.228. The molecule has 0 atom stereocenters. The van der Waals surface area contributed by atoms with Gasteiger partial charge in [-0.15, -0.1) is 11.3 Å². The molecular weight excluding hydrogens is 403 g/mol. The highest BCUT2D eigenvalue weighted by Crippen LogP contribution is 2.28. The Labute approximate surface area is 159 Å². The third-order valence-corrected chi connectivity index (χ3v) is 7.51. The van der Waals surface area contributed by atoms with Crippen LogP contribution < -0.4 is 4.74 Å². The minimum atomic E-state index is -3.59. The van der Waals surface area contributed by atoms with E-state index >= 15 is 0 Å². The molecule has 1 fully saturated rings. The summed E-state index contributed by atoms with van der Waals surface area (Å²) in [6, 6.07) is 8.42. The monoisotopic (exact) mass is 418 g/mol. The van der Waals surface area contributed by atoms with Crippen LogP contribution in [0.2, 0.25) is 4.34 Å². The molecule has 6 nitrogen and oxygen atoms in total. The molecule has 0 spiro atoms. The van der Waals surface area contributed by atoms with E-state index in [2.05, 4.69) is 0 Å². The number of halogens is 2. The Morgan fingerprint density at radius 1 is 1.12 bits per heavy atom. The van der Waals surface area contributed by atoms with Gasteiger partial charge in [0.1, 0.15) is 15.8 Å². The number of benzene rings is 1. The number of hydrogen-bond acceptors (Lipinski definition) is 5. The first-order valence-electron chi connectivity index (χ1n) is 7.78. The van der Waals surface area contributed by atoms with Crippen molar-refractivity contribution in [2.45, 2.75) is 4.21 Å². The number of ether oxygens (including phenoxy) is 1. The second kappa shape index (κ2) is 7.91. The van der Waals surface area contributed by atoms with E-state index in [0.29, 0.717) is 10.1 Å². The highest BCUT2D eigenvalue weighted by Gasteiger charge is 2.31. The summed E-state index contributed by atoms with van der Waals surface area (Å²) in [6.45, 7) is 0.799. The zero-order valence-electron chi connectivity index (χ0n) is 13.6. The molecule has 3 rings (SSSR count). The van der Waals surface area contributed by atoms with Crippen molar-refractivity contribution in [1.29, 1.82) is 0 Å². The smallest absolute Gasteiger partial charge is 0.260 e. The second-order valence-electron chi connectivity index (χ2n) is 5.59. The van der Waals surface area contributed by atoms with Crippen LogP contribution in [-0.4, -0.2) is 56.3 Å². The van der Waals surface area contributed by atoms with Crippen molar-refractivity contribution in [2.24, 2.45) is 0 Å². The maximum absolute atomic E-state index is 12.8. The van der Waals surface area contributed by atoms with Crippen LogP contribution in [0.15, 0.2) is 40.6 Å². The van der Waals surface area contributed by atoms with Crippen molar-refractivity contribution < 1.29 is 22.3 Å². The van der Waals surface area contributed by atoms with Crippen LogP contribution in [0.3, 0.4) is 0 Å². The first-order chi connectivity index (χ1) is 12.4. The molecule has 1 saturated heterocycles. The average Bonchev–Trinajstić information content (AvgIpc) is 3.08. The van der Waals surface area contributed by atoms with E-state index < -0.39 is 10.0 Å². The first-order valence-corrected chi connectivity index (χ1v) is 10.4. The standard InChI is InChI=1S/C16H16ClFN2O4S2/c17-14-5-6-16(25-14)26(22,23)20-9-7-19(8-10-20)15(21)11-24-13-3-1-12(18)2-4-13/h1-6H,7-11H2. The van der Waals surface area contributed by atoms with Crippen molar-refractivity contribution in [3.63, 3.8) is 0 Å². The van der Waals surface area contributed by atoms with Crippen LogP contribution in [0.1, 0.15) is 0 Å². The Kier molecular flexibility index (Phi) is 5.81. The minimum Gasteiger partial charge on any atom is -0.484 e. The fourth-order valence-electron chi connectivity index (χ4n) is 2.51. The molecule has 0 N–H and O–H groups in total. The van der Waals surface area contributed by atoms with Crippen LogP contribution in [0.25, 0.3) is 0 Å². The molecule has 140 valence electrons. The van der Waals surface area contributed by atoms with E-state index in [1.54, 1.807) is 11.0 Å². The van der Waals surface area contributed by atoms with E-state index in [0.717, 1.165) is 11.3 Å². The van der Waals surface area contributed by atoms with Crippen molar-refractivity contribution >= 4 is 38.9 Å². The van der Waals surface area contributed by atoms with Crippen molar-refractivity contribution in [3.05, 3.63) is 46.6 Å². The quantitative estimate of drug-likeness (QED) is 0.748. The molecule has 2 heterocycles. The van der Waals surface area contributed by atoms with Gasteiger partial charge in [-0.05, 0) is 36.4 Å². The number of nitrogens with zero attached hydrogens (tertiary/aromatic N) is 2. The molecule has 1 aromatic carbocycles. The Morgan fingerprint density at radius 2 is 1.77 bits per heavy atom. The summed E-state index contributed by atoms with van der Waals surface area (Å²) in [5, 5.41) is 0. The zero-order chi connectivity index (χ0) is 18.7. The van der Waals surface area contributed by atoms with Gasteiger partial charge in [0.15, 0.2) is 6.61 Å². The van der Waals surface area contributed by atoms with E-state index in [9.17, 15) is 17.6 Å². The molecule has 2 aromatic rings. The van der Waals surface area contributed by atoms with Gasteiger partial charge in [-0.2, -0.15) is 4.31 Å². The Balaban J connectivity index is 1.53. The van der Waals surface area contributed by atoms with Crippen LogP contribution in [0.5, 0.6) is 5.75 Å². The zero-order valence-corrected chi connectivity index (χ0v) is 16.0. The first kappa shape index (κ1) is 19.1. The highest BCUT2D eigenvalue weighted by molar-refractivity contribution is 7.91. The summed E-state index contributed by atoms with van der Waals surface area (Å²) in [4.78, 5) is 13.8. The molecule has 0 bridgehead atoms. The molecule has 10 heteroatoms. The largest absolute Gasteiger partial charge is 0.484 e. The van der Waals surface area contributed by atoms with Crippen LogP contribution in [-0.2, 0) is 14.8 Å². The molecular formula is C16H16ClFN2O4S2. The molecule has 1 aliphatic rings. The number of carbonyl (C=O) groups is 1. The molecule has 0 radical (unpaired) electrons. The lowest BCUT2D eigenvalue weighted by molar-refractivity contribution is -0.134. The number of thiophene rings is 1. The molecule has 1 aliphatic heterocycles. The highest BCUT2D eigenvalue weighted by atomic mass is 35.5. The number of carbonyl (C=O) groups excluding carboxylic acids is 1. The summed E-state index contributed by atoms with van der Waals surface area (Å²) < 4.78 is 45.2. The van der Waals surface area contributed by atoms with Crippen molar-refractivity contribution in [1.82, 2.24) is 9.21 Å². The Hall–Kier alpha value is -1.68. The molecule has 0 unspecified atom stereocenters. The number of hydrogen-bond donors (Lipinski definition) is 0. The summed E-state index contributed by atoms with van der Waals surface area (Å²) in [6.07, 6.45) is 0. The van der Waals surface area contributed by atoms with Gasteiger partial charge >= 0.3 is 0 Å². The fraction of sp³-hybridized carbons (Fsp3) is 0.312. The van der Waals surface area contributed by atoms with E-state index in [-0.39, 0.29) is 48.7 Å². The number of rotatable bonds is 5. The van der Waals surface area contributed by atoms with Crippen molar-refractivity contribution in [2.75, 3.05) is 32.8 Å². The number of amides is 1. The molecule has 26 heavy (non-hydrogen) atoms. The van der Waals surface area contributed by atoms with Gasteiger partial charge in [0.25, 0.3) is 15.9 Å². The summed E-state index contributed by atoms with van der Waals surface area (Å²) in [7, 11) is -3.59. The lowest BCUT2D eigenvalue weighted by Crippen LogP contribution is -2.51. The number of piperazine rings is 1. The molecule has 1 amide bonds. The normalized spacial score (nSPS) is 15.8. The average molecular weight is 419 g/mol. The third kappa shape index (κ3) is 4.35. The Bertz CT molecular complexity index is 878. The summed E-state index contributed by atoms with van der Waals surface area (Å²) >= 11 is 6.82. The van der Waals surface area contributed by atoms with E-state index in [4.69, 9.17) is 16.3 Å². The molecule has 1 aromatic heterocycles. The maximum atomic E-state index is 12.8. The predicted molar refractivity (Wildman–Crippen MR) is 96.6 cm³/mol. The SMILES string of the molecule is O=C(COc1ccc(F)cc1)N1CCN(S(=O)(=O)c2ccc(Cl)s2)CC1. The van der Waals surface area contributed by atoms with Crippen LogP contribution in [0, 0.1) is 5.82 Å².